The summed E-state index contributed by atoms with van der Waals surface area (Å²) in [5, 5.41) is 5.27. The first-order valence-electron chi connectivity index (χ1n) is 9.54. The zero-order valence-electron chi connectivity index (χ0n) is 14.9. The lowest BCUT2D eigenvalue weighted by molar-refractivity contribution is -0.141. The Morgan fingerprint density at radius 2 is 1.64 bits per heavy atom. The molecule has 2 saturated carbocycles. The predicted molar refractivity (Wildman–Crippen MR) is 106 cm³/mol. The molecule has 4 unspecified atom stereocenters. The van der Waals surface area contributed by atoms with Crippen LogP contribution in [0, 0.1) is 29.1 Å². The average molecular weight is 437 g/mol. The van der Waals surface area contributed by atoms with Gasteiger partial charge in [-0.1, -0.05) is 40.2 Å². The van der Waals surface area contributed by atoms with Crippen LogP contribution in [0.4, 0.5) is 0 Å². The number of imide groups is 1. The van der Waals surface area contributed by atoms with Crippen LogP contribution in [0.2, 0.25) is 0 Å². The van der Waals surface area contributed by atoms with Crippen LogP contribution in [-0.4, -0.2) is 23.0 Å². The van der Waals surface area contributed by atoms with Gasteiger partial charge in [0, 0.05) is 10.0 Å². The molecule has 28 heavy (non-hydrogen) atoms. The third-order valence-corrected chi connectivity index (χ3v) is 7.41. The van der Waals surface area contributed by atoms with Crippen molar-refractivity contribution < 1.29 is 14.0 Å². The first kappa shape index (κ1) is 16.5. The topological polar surface area (TPSA) is 62.9 Å². The minimum Gasteiger partial charge on any atom is -0.455 e. The summed E-state index contributed by atoms with van der Waals surface area (Å²) in [7, 11) is 0. The van der Waals surface area contributed by atoms with Crippen LogP contribution < -0.4 is 0 Å². The maximum absolute atomic E-state index is 12.9. The zero-order valence-corrected chi connectivity index (χ0v) is 16.5. The molecule has 2 heterocycles. The van der Waals surface area contributed by atoms with Crippen LogP contribution in [0.15, 0.2) is 62.5 Å². The Balaban J connectivity index is 1.24. The van der Waals surface area contributed by atoms with E-state index in [1.54, 1.807) is 6.07 Å². The number of rotatable bonds is 3. The molecule has 0 N–H and O–H groups in total. The van der Waals surface area contributed by atoms with Gasteiger partial charge in [-0.25, -0.2) is 0 Å². The van der Waals surface area contributed by atoms with Crippen molar-refractivity contribution in [3.05, 3.63) is 58.8 Å². The summed E-state index contributed by atoms with van der Waals surface area (Å²) in [5.41, 5.74) is 1.15. The van der Waals surface area contributed by atoms with E-state index in [1.165, 1.54) is 6.21 Å². The highest BCUT2D eigenvalue weighted by Crippen LogP contribution is 2.73. The maximum Gasteiger partial charge on any atom is 0.254 e. The van der Waals surface area contributed by atoms with E-state index in [0.717, 1.165) is 27.9 Å². The van der Waals surface area contributed by atoms with Crippen molar-refractivity contribution >= 4 is 34.0 Å². The first-order chi connectivity index (χ1) is 13.6. The number of carbonyl (C=O) groups is 2. The predicted octanol–water partition coefficient (Wildman–Crippen LogP) is 4.24. The molecule has 5 nitrogen and oxygen atoms in total. The molecule has 6 rings (SSSR count). The zero-order chi connectivity index (χ0) is 19.0. The van der Waals surface area contributed by atoms with Crippen LogP contribution in [0.3, 0.4) is 0 Å². The van der Waals surface area contributed by atoms with Crippen LogP contribution in [0.1, 0.15) is 18.6 Å². The molecule has 0 radical (unpaired) electrons. The average Bonchev–Trinajstić information content (AvgIpc) is 2.97. The summed E-state index contributed by atoms with van der Waals surface area (Å²) in [6.45, 7) is 0. The largest absolute Gasteiger partial charge is 0.455 e. The van der Waals surface area contributed by atoms with E-state index in [1.807, 2.05) is 30.3 Å². The number of allylic oxidation sites excluding steroid dienone is 2. The Morgan fingerprint density at radius 1 is 1.00 bits per heavy atom. The molecule has 2 bridgehead atoms. The summed E-state index contributed by atoms with van der Waals surface area (Å²) in [6.07, 6.45) is 8.05. The van der Waals surface area contributed by atoms with Crippen LogP contribution >= 0.6 is 15.9 Å². The number of furan rings is 1. The molecular formula is C22H17BrN2O3. The van der Waals surface area contributed by atoms with Gasteiger partial charge in [-0.15, -0.1) is 0 Å². The van der Waals surface area contributed by atoms with Crippen molar-refractivity contribution in [2.45, 2.75) is 12.8 Å². The Hall–Kier alpha value is -2.47. The van der Waals surface area contributed by atoms with E-state index in [0.29, 0.717) is 11.5 Å². The SMILES string of the molecule is O=C1C2C(C(=O)N1/N=C/c1ccc(-c3ccc(Br)cc3)o1)C1C=CC2C12CC2. The van der Waals surface area contributed by atoms with Crippen LogP contribution in [0.25, 0.3) is 11.3 Å². The minimum atomic E-state index is -0.225. The maximum atomic E-state index is 12.9. The lowest BCUT2D eigenvalue weighted by Gasteiger charge is -2.18. The summed E-state index contributed by atoms with van der Waals surface area (Å²) in [4.78, 5) is 25.8. The third kappa shape index (κ3) is 2.09. The number of halogens is 1. The van der Waals surface area contributed by atoms with Gasteiger partial charge in [0.15, 0.2) is 0 Å². The summed E-state index contributed by atoms with van der Waals surface area (Å²) < 4.78 is 6.80. The molecule has 6 heteroatoms. The van der Waals surface area contributed by atoms with Crippen molar-refractivity contribution in [2.24, 2.45) is 34.2 Å². The lowest BCUT2D eigenvalue weighted by Crippen LogP contribution is -2.30. The third-order valence-electron chi connectivity index (χ3n) is 6.89. The van der Waals surface area contributed by atoms with Gasteiger partial charge in [0.25, 0.3) is 11.8 Å². The van der Waals surface area contributed by atoms with Gasteiger partial charge in [-0.3, -0.25) is 9.59 Å². The number of amides is 2. The Morgan fingerprint density at radius 3 is 2.25 bits per heavy atom. The number of carbonyl (C=O) groups excluding carboxylic acids is 2. The molecule has 1 saturated heterocycles. The van der Waals surface area contributed by atoms with Gasteiger partial charge in [0.2, 0.25) is 0 Å². The number of hydrogen-bond donors (Lipinski definition) is 0. The molecule has 1 aromatic carbocycles. The summed E-state index contributed by atoms with van der Waals surface area (Å²) in [5.74, 6) is 0.883. The summed E-state index contributed by atoms with van der Waals surface area (Å²) in [6, 6.07) is 11.4. The van der Waals surface area contributed by atoms with E-state index in [9.17, 15) is 9.59 Å². The molecule has 140 valence electrons. The van der Waals surface area contributed by atoms with Crippen molar-refractivity contribution in [2.75, 3.05) is 0 Å². The number of fused-ring (bicyclic) bond motifs is 3. The minimum absolute atomic E-state index is 0.158. The molecule has 1 spiro atoms. The standard InChI is InChI=1S/C22H17BrN2O3/c23-13-3-1-12(2-4-13)17-8-5-14(28-17)11-24-25-20(26)18-15-6-7-16(19(18)21(25)27)22(15)9-10-22/h1-8,11,15-16,18-19H,9-10H2/b24-11+. The Bertz CT molecular complexity index is 1030. The molecule has 3 fully saturated rings. The van der Waals surface area contributed by atoms with Crippen molar-refractivity contribution in [1.29, 1.82) is 0 Å². The number of benzene rings is 1. The monoisotopic (exact) mass is 436 g/mol. The van der Waals surface area contributed by atoms with E-state index in [-0.39, 0.29) is 40.9 Å². The van der Waals surface area contributed by atoms with E-state index in [2.05, 4.69) is 33.2 Å². The van der Waals surface area contributed by atoms with Crippen molar-refractivity contribution in [3.63, 3.8) is 0 Å². The number of hydrogen-bond acceptors (Lipinski definition) is 4. The van der Waals surface area contributed by atoms with Gasteiger partial charge < -0.3 is 4.42 Å². The molecule has 4 atom stereocenters. The van der Waals surface area contributed by atoms with Gasteiger partial charge in [0.05, 0.1) is 18.1 Å². The second-order valence-corrected chi connectivity index (χ2v) is 9.08. The van der Waals surface area contributed by atoms with Gasteiger partial charge in [-0.2, -0.15) is 10.1 Å². The van der Waals surface area contributed by atoms with Crippen molar-refractivity contribution in [3.8, 4) is 11.3 Å². The smallest absolute Gasteiger partial charge is 0.254 e. The fourth-order valence-corrected chi connectivity index (χ4v) is 5.75. The fourth-order valence-electron chi connectivity index (χ4n) is 5.48. The number of nitrogens with zero attached hydrogens (tertiary/aromatic N) is 2. The second kappa shape index (κ2) is 5.54. The van der Waals surface area contributed by atoms with Crippen molar-refractivity contribution in [1.82, 2.24) is 5.01 Å². The molecule has 2 amide bonds. The highest BCUT2D eigenvalue weighted by atomic mass is 79.9. The number of hydrazone groups is 1. The van der Waals surface area contributed by atoms with E-state index >= 15 is 0 Å². The molecule has 1 aliphatic heterocycles. The summed E-state index contributed by atoms with van der Waals surface area (Å²) >= 11 is 3.42. The quantitative estimate of drug-likeness (QED) is 0.410. The second-order valence-electron chi connectivity index (χ2n) is 8.16. The first-order valence-corrected chi connectivity index (χ1v) is 10.3. The molecule has 4 aliphatic rings. The van der Waals surface area contributed by atoms with Gasteiger partial charge in [0.1, 0.15) is 11.5 Å². The van der Waals surface area contributed by atoms with Gasteiger partial charge >= 0.3 is 0 Å². The normalized spacial score (nSPS) is 31.5. The molecule has 3 aliphatic carbocycles. The van der Waals surface area contributed by atoms with E-state index in [4.69, 9.17) is 4.42 Å². The highest BCUT2D eigenvalue weighted by molar-refractivity contribution is 9.10. The van der Waals surface area contributed by atoms with Gasteiger partial charge in [-0.05, 0) is 54.4 Å². The molecule has 2 aromatic rings. The van der Waals surface area contributed by atoms with Crippen LogP contribution in [0.5, 0.6) is 0 Å². The Kier molecular flexibility index (Phi) is 3.26. The van der Waals surface area contributed by atoms with E-state index < -0.39 is 0 Å². The molecule has 1 aromatic heterocycles. The Labute approximate surface area is 170 Å². The highest BCUT2D eigenvalue weighted by Gasteiger charge is 2.73. The van der Waals surface area contributed by atoms with Crippen LogP contribution in [-0.2, 0) is 9.59 Å². The molecular weight excluding hydrogens is 420 g/mol. The fraction of sp³-hybridized carbons (Fsp3) is 0.318. The lowest BCUT2D eigenvalue weighted by atomic mass is 9.85.